The van der Waals surface area contributed by atoms with E-state index >= 15 is 0 Å². The van der Waals surface area contributed by atoms with Crippen LogP contribution in [0.15, 0.2) is 592 Å². The first-order valence-electron chi connectivity index (χ1n) is 25.7. The maximum Gasteiger partial charge on any atom is 0 e. The second kappa shape index (κ2) is 79.5. The number of rotatable bonds is 0. The molecular weight excluding hydrogens is 1240 g/mol. The Balaban J connectivity index is 6.18. The molecule has 0 aromatic carbocycles. The van der Waals surface area contributed by atoms with E-state index in [4.69, 9.17) is 0 Å². The zero-order valence-corrected chi connectivity index (χ0v) is 51.9. The van der Waals surface area contributed by atoms with E-state index in [2.05, 4.69) is 592 Å². The second-order valence-corrected chi connectivity index (χ2v) is 12.7. The minimum Gasteiger partial charge on any atom is -0.0687 e. The molecule has 0 radical (unpaired) electrons. The molecule has 0 bridgehead atoms. The highest BCUT2D eigenvalue weighted by molar-refractivity contribution is 5.02. The number of hydrogen-bond donors (Lipinski definition) is 0. The molecule has 0 N–H and O–H groups in total. The molecule has 0 saturated carbocycles. The summed E-state index contributed by atoms with van der Waals surface area (Å²) in [7, 11) is 0. The van der Waals surface area contributed by atoms with Crippen LogP contribution in [0.5, 0.6) is 0 Å². The smallest absolute Gasteiger partial charge is 0 e. The topological polar surface area (TPSA) is 0 Å². The van der Waals surface area contributed by atoms with Crippen LogP contribution in [0.25, 0.3) is 0 Å². The van der Waals surface area contributed by atoms with Crippen molar-refractivity contribution in [2.45, 2.75) is 0 Å². The molecule has 0 spiro atoms. The van der Waals surface area contributed by atoms with Crippen molar-refractivity contribution in [2.24, 2.45) is 0 Å². The van der Waals surface area contributed by atoms with E-state index in [1.807, 2.05) is 0 Å². The van der Waals surface area contributed by atoms with Crippen molar-refractivity contribution in [3.63, 3.8) is 0 Å². The van der Waals surface area contributed by atoms with Crippen LogP contribution in [-0.4, -0.2) is 0 Å². The molecule has 0 aliphatic rings. The Morgan fingerprint density at radius 1 is 0.0485 bits per heavy atom. The average molecular weight is 1240 g/mol. The Hall–Kier alpha value is -22.5. The fraction of sp³-hybridized carbons (Fsp3) is 0. The van der Waals surface area contributed by atoms with E-state index in [1.165, 1.54) is 0 Å². The van der Waals surface area contributed by atoms with E-state index in [0.717, 1.165) is 0 Å². The van der Waals surface area contributed by atoms with Crippen molar-refractivity contribution < 1.29 is 0 Å². The van der Waals surface area contributed by atoms with Crippen LogP contribution in [-0.2, 0) is 0 Å². The van der Waals surface area contributed by atoms with Crippen molar-refractivity contribution >= 4 is 0 Å². The monoisotopic (exact) mass is 1240 g/mol. The first kappa shape index (κ1) is 80.5. The van der Waals surface area contributed by atoms with E-state index in [9.17, 15) is 0 Å². The molecule has 0 heterocycles. The average Bonchev–Trinajstić information content (AvgIpc) is 3.71. The highest BCUT2D eigenvalue weighted by Gasteiger charge is 1.51. The fourth-order valence-corrected chi connectivity index (χ4v) is 3.12. The van der Waals surface area contributed by atoms with Gasteiger partial charge in [0.2, 0.25) is 0 Å². The third kappa shape index (κ3) is 79.5. The summed E-state index contributed by atoms with van der Waals surface area (Å²) in [4.78, 5) is 0. The van der Waals surface area contributed by atoms with E-state index in [0.29, 0.717) is 0 Å². The lowest BCUT2D eigenvalue weighted by Gasteiger charge is -1.41. The van der Waals surface area contributed by atoms with Gasteiger partial charge in [0.15, 0.2) is 0 Å². The summed E-state index contributed by atoms with van der Waals surface area (Å²) in [6.07, 6.45) is 0. The molecule has 0 aliphatic heterocycles. The SMILES string of the molecule is C=C=C=C=C=C=C=C=C=C=C=C=C=C=C=C=C=C=C=C=C=C=C=C=C=C=C=C=C=C=C=C=C=C=C=C=C=C=C=C=C=C=C=C=C=C=C=C=C=C=C=C=C=C=C=C=C=C=C=C=C=C=C=C=C=C=C=C=C=C=C=C=C=C=C=C=C=C=C=C=C=C=C=C=C=C=C=C=C=C=C=C=C=C=C=C=C=C=C=C=C=C=C. The lowest BCUT2D eigenvalue weighted by Crippen LogP contribution is -1.26. The lowest BCUT2D eigenvalue weighted by atomic mass is 10.6. The highest BCUT2D eigenvalue weighted by atomic mass is 13.5. The maximum absolute atomic E-state index is 3.32. The quantitative estimate of drug-likeness (QED) is 0.212. The summed E-state index contributed by atoms with van der Waals surface area (Å²) in [6, 6.07) is 0. The molecule has 0 unspecified atom stereocenters. The van der Waals surface area contributed by atoms with Crippen LogP contribution < -0.4 is 0 Å². The van der Waals surface area contributed by atoms with Crippen molar-refractivity contribution in [2.75, 3.05) is 0 Å². The Labute approximate surface area is 588 Å². The summed E-state index contributed by atoms with van der Waals surface area (Å²) in [6.45, 7) is 6.64. The summed E-state index contributed by atoms with van der Waals surface area (Å²) < 4.78 is 0. The predicted octanol–water partition coefficient (Wildman–Crippen LogP) is 16.5. The molecule has 416 valence electrons. The minimum absolute atomic E-state index is 2.37. The molecule has 0 aliphatic carbocycles. The summed E-state index contributed by atoms with van der Waals surface area (Å²) in [5, 5.41) is 0. The van der Waals surface area contributed by atoms with Crippen molar-refractivity contribution in [3.8, 4) is 0 Å². The molecule has 0 saturated heterocycles. The van der Waals surface area contributed by atoms with Gasteiger partial charge in [0.25, 0.3) is 0 Å². The zero-order chi connectivity index (χ0) is 73.4. The van der Waals surface area contributed by atoms with Gasteiger partial charge in [-0.3, -0.25) is 0 Å². The summed E-state index contributed by atoms with van der Waals surface area (Å²) >= 11 is 0. The fourth-order valence-electron chi connectivity index (χ4n) is 3.12. The Morgan fingerprint density at radius 2 is 0.0777 bits per heavy atom. The van der Waals surface area contributed by atoms with Gasteiger partial charge in [0.1, 0.15) is 0 Å². The Bertz CT molecular complexity index is 7770. The number of hydrogen-bond acceptors (Lipinski definition) is 0. The van der Waals surface area contributed by atoms with Crippen LogP contribution in [0.4, 0.5) is 0 Å². The molecule has 0 nitrogen and oxygen atoms in total. The zero-order valence-electron chi connectivity index (χ0n) is 51.9. The first-order valence-corrected chi connectivity index (χ1v) is 25.7. The maximum atomic E-state index is 3.32. The predicted molar refractivity (Wildman–Crippen MR) is 366 cm³/mol. The minimum atomic E-state index is 2.37. The van der Waals surface area contributed by atoms with Crippen molar-refractivity contribution in [3.05, 3.63) is 592 Å². The molecule has 0 aromatic heterocycles. The molecule has 103 heavy (non-hydrogen) atoms. The van der Waals surface area contributed by atoms with Gasteiger partial charge >= 0.3 is 0 Å². The summed E-state index contributed by atoms with van der Waals surface area (Å²) in [5.41, 5.74) is 252. The lowest BCUT2D eigenvalue weighted by molar-refractivity contribution is 2.10. The van der Waals surface area contributed by atoms with Crippen LogP contribution in [0.1, 0.15) is 0 Å². The standard InChI is InChI=1S/C103H4/c1-3-5-7-9-11-13-15-17-19-21-23-25-27-29-31-33-35-37-39-41-43-45-47-49-51-53-55-57-59-61-63-65-67-69-71-73-75-77-79-81-83-85-87-89-91-93-95-97-99-101-103-102-100-98-96-94-92-90-88-86-84-82-80-78-76-74-72-70-68-66-64-62-60-58-56-54-52-50-48-46-44-42-40-38-36-34-32-30-28-26-24-22-20-18-16-14-12-10-8-6-4-2/h1-2H2. The van der Waals surface area contributed by atoms with Gasteiger partial charge in [-0.1, -0.05) is 11.5 Å². The molecule has 0 atom stereocenters. The van der Waals surface area contributed by atoms with Gasteiger partial charge in [-0.05, 0) is 105 Å². The molecular formula is C103H4. The Morgan fingerprint density at radius 3 is 0.107 bits per heavy atom. The molecule has 0 amide bonds. The van der Waals surface area contributed by atoms with Crippen LogP contribution in [0.2, 0.25) is 0 Å². The molecule has 0 fully saturated rings. The highest BCUT2D eigenvalue weighted by Crippen LogP contribution is 1.66. The van der Waals surface area contributed by atoms with Crippen LogP contribution >= 0.6 is 0 Å². The van der Waals surface area contributed by atoms with Crippen molar-refractivity contribution in [1.29, 1.82) is 0 Å². The molecule has 0 rings (SSSR count). The van der Waals surface area contributed by atoms with Crippen molar-refractivity contribution in [1.82, 2.24) is 0 Å². The first-order chi connectivity index (χ1) is 51.4. The van der Waals surface area contributed by atoms with E-state index < -0.39 is 0 Å². The third-order valence-corrected chi connectivity index (χ3v) is 6.30. The third-order valence-electron chi connectivity index (χ3n) is 6.30. The van der Waals surface area contributed by atoms with E-state index in [1.54, 1.807) is 0 Å². The normalized spacial score (nSPS) is 3.96. The Kier molecular flexibility index (Phi) is 62.2. The van der Waals surface area contributed by atoms with Gasteiger partial charge in [-0.2, -0.15) is 0 Å². The molecule has 0 aromatic rings. The molecule has 0 heteroatoms. The van der Waals surface area contributed by atoms with Crippen LogP contribution in [0.3, 0.4) is 0 Å². The van der Waals surface area contributed by atoms with Gasteiger partial charge in [0, 0.05) is 476 Å². The second-order valence-electron chi connectivity index (χ2n) is 12.7. The van der Waals surface area contributed by atoms with E-state index in [-0.39, 0.29) is 0 Å². The van der Waals surface area contributed by atoms with Gasteiger partial charge in [-0.25, -0.2) is 0 Å². The summed E-state index contributed by atoms with van der Waals surface area (Å²) in [5.74, 6) is 0. The van der Waals surface area contributed by atoms with Gasteiger partial charge in [-0.15, -0.1) is 0 Å². The van der Waals surface area contributed by atoms with Gasteiger partial charge < -0.3 is 0 Å². The van der Waals surface area contributed by atoms with Gasteiger partial charge in [0.05, 0.1) is 0 Å². The van der Waals surface area contributed by atoms with Crippen LogP contribution in [0, 0.1) is 0 Å². The largest absolute Gasteiger partial charge is 0.0687 e.